The molecule has 0 bridgehead atoms. The molecule has 0 aliphatic carbocycles. The molecule has 1 aromatic carbocycles. The van der Waals surface area contributed by atoms with E-state index in [9.17, 15) is 24.0 Å². The molecule has 188 valence electrons. The highest BCUT2D eigenvalue weighted by molar-refractivity contribution is 6.23. The summed E-state index contributed by atoms with van der Waals surface area (Å²) in [6.07, 6.45) is -0.0764. The van der Waals surface area contributed by atoms with Crippen LogP contribution in [0, 0.1) is 17.8 Å². The second-order valence-electron chi connectivity index (χ2n) is 10.7. The van der Waals surface area contributed by atoms with E-state index in [1.54, 1.807) is 23.1 Å². The van der Waals surface area contributed by atoms with Gasteiger partial charge in [-0.1, -0.05) is 11.8 Å². The van der Waals surface area contributed by atoms with Crippen LogP contribution >= 0.6 is 0 Å². The number of hydrogen-bond acceptors (Lipinski definition) is 7. The molecule has 4 aliphatic rings. The third kappa shape index (κ3) is 4.46. The summed E-state index contributed by atoms with van der Waals surface area (Å²) in [6.45, 7) is 8.48. The Balaban J connectivity index is 1.16. The number of nitrogens with one attached hydrogen (secondary N) is 1. The molecule has 5 rings (SSSR count). The number of carbonyl (C=O) groups is 5. The lowest BCUT2D eigenvalue weighted by Gasteiger charge is -2.50. The topological polar surface area (TPSA) is 116 Å². The average molecular weight is 493 g/mol. The normalized spacial score (nSPS) is 22.9. The number of likely N-dealkylation sites (tertiary alicyclic amines) is 2. The quantitative estimate of drug-likeness (QED) is 0.483. The van der Waals surface area contributed by atoms with Gasteiger partial charge in [-0.15, -0.1) is 0 Å². The van der Waals surface area contributed by atoms with Crippen molar-refractivity contribution in [2.75, 3.05) is 26.2 Å². The summed E-state index contributed by atoms with van der Waals surface area (Å²) < 4.78 is 5.39. The summed E-state index contributed by atoms with van der Waals surface area (Å²) in [4.78, 5) is 66.4. The molecule has 1 N–H and O–H groups in total. The number of amides is 5. The molecular weight excluding hydrogens is 464 g/mol. The minimum absolute atomic E-state index is 0.0822. The lowest BCUT2D eigenvalue weighted by atomic mass is 9.94. The fraction of sp³-hybridized carbons (Fsp3) is 0.500. The number of imide groups is 2. The molecule has 10 nitrogen and oxygen atoms in total. The molecule has 5 amide bonds. The standard InChI is InChI=1S/C26H28N4O6/c1-26(2,3)36-25(35)29-13-17(14-29)28-11-16(12-28)5-4-15-6-7-18-19(10-15)24(34)30(23(18)33)20-8-9-21(31)27-22(20)32/h6-7,10,16-17,20H,8-9,11-14H2,1-3H3,(H,27,31,32). The minimum atomic E-state index is -0.983. The van der Waals surface area contributed by atoms with E-state index in [0.717, 1.165) is 18.0 Å². The van der Waals surface area contributed by atoms with Crippen molar-refractivity contribution in [3.05, 3.63) is 34.9 Å². The van der Waals surface area contributed by atoms with Crippen LogP contribution in [0.2, 0.25) is 0 Å². The zero-order chi connectivity index (χ0) is 25.8. The van der Waals surface area contributed by atoms with Crippen LogP contribution in [0.4, 0.5) is 4.79 Å². The molecular formula is C26H28N4O6. The Bertz CT molecular complexity index is 1230. The first-order valence-electron chi connectivity index (χ1n) is 12.1. The van der Waals surface area contributed by atoms with Gasteiger partial charge < -0.3 is 9.64 Å². The summed E-state index contributed by atoms with van der Waals surface area (Å²) in [6, 6.07) is 4.19. The fourth-order valence-corrected chi connectivity index (χ4v) is 4.80. The smallest absolute Gasteiger partial charge is 0.410 e. The molecule has 1 aromatic rings. The van der Waals surface area contributed by atoms with Crippen LogP contribution in [0.15, 0.2) is 18.2 Å². The van der Waals surface area contributed by atoms with Crippen LogP contribution in [0.3, 0.4) is 0 Å². The monoisotopic (exact) mass is 492 g/mol. The van der Waals surface area contributed by atoms with Crippen molar-refractivity contribution in [3.63, 3.8) is 0 Å². The molecule has 1 unspecified atom stereocenters. The van der Waals surface area contributed by atoms with Crippen molar-refractivity contribution >= 4 is 29.7 Å². The van der Waals surface area contributed by atoms with Crippen molar-refractivity contribution in [2.45, 2.75) is 51.3 Å². The lowest BCUT2D eigenvalue weighted by molar-refractivity contribution is -0.136. The number of rotatable bonds is 2. The fourth-order valence-electron chi connectivity index (χ4n) is 4.80. The maximum absolute atomic E-state index is 12.9. The predicted octanol–water partition coefficient (Wildman–Crippen LogP) is 0.990. The number of nitrogens with zero attached hydrogens (tertiary/aromatic N) is 3. The van der Waals surface area contributed by atoms with Crippen LogP contribution in [-0.4, -0.2) is 88.3 Å². The third-order valence-electron chi connectivity index (χ3n) is 6.80. The Labute approximate surface area is 208 Å². The maximum atomic E-state index is 12.9. The number of carbonyl (C=O) groups excluding carboxylic acids is 5. The molecule has 4 aliphatic heterocycles. The molecule has 0 spiro atoms. The molecule has 1 atom stereocenters. The van der Waals surface area contributed by atoms with Crippen LogP contribution in [0.25, 0.3) is 0 Å². The Morgan fingerprint density at radius 2 is 1.72 bits per heavy atom. The number of fused-ring (bicyclic) bond motifs is 1. The van der Waals surface area contributed by atoms with Crippen molar-refractivity contribution in [2.24, 2.45) is 5.92 Å². The third-order valence-corrected chi connectivity index (χ3v) is 6.80. The molecule has 4 heterocycles. The number of piperidine rings is 1. The second-order valence-corrected chi connectivity index (χ2v) is 10.7. The first-order chi connectivity index (χ1) is 17.0. The highest BCUT2D eigenvalue weighted by Gasteiger charge is 2.45. The van der Waals surface area contributed by atoms with Crippen LogP contribution < -0.4 is 5.32 Å². The highest BCUT2D eigenvalue weighted by atomic mass is 16.6. The van der Waals surface area contributed by atoms with Crippen LogP contribution in [0.5, 0.6) is 0 Å². The first kappa shape index (κ1) is 24.0. The second kappa shape index (κ2) is 8.75. The predicted molar refractivity (Wildman–Crippen MR) is 127 cm³/mol. The first-order valence-corrected chi connectivity index (χ1v) is 12.1. The Morgan fingerprint density at radius 3 is 2.39 bits per heavy atom. The van der Waals surface area contributed by atoms with Gasteiger partial charge in [0.15, 0.2) is 0 Å². The van der Waals surface area contributed by atoms with Gasteiger partial charge in [0.1, 0.15) is 11.6 Å². The van der Waals surface area contributed by atoms with Gasteiger partial charge in [0.25, 0.3) is 11.8 Å². The molecule has 10 heteroatoms. The van der Waals surface area contributed by atoms with Crippen molar-refractivity contribution in [1.82, 2.24) is 20.0 Å². The van der Waals surface area contributed by atoms with Crippen molar-refractivity contribution in [1.29, 1.82) is 0 Å². The molecule has 0 saturated carbocycles. The average Bonchev–Trinajstić information content (AvgIpc) is 2.97. The van der Waals surface area contributed by atoms with E-state index in [1.807, 2.05) is 20.8 Å². The van der Waals surface area contributed by atoms with E-state index < -0.39 is 35.3 Å². The van der Waals surface area contributed by atoms with Crippen LogP contribution in [0.1, 0.15) is 59.9 Å². The summed E-state index contributed by atoms with van der Waals surface area (Å²) in [5.41, 5.74) is 0.587. The highest BCUT2D eigenvalue weighted by Crippen LogP contribution is 2.29. The van der Waals surface area contributed by atoms with E-state index in [4.69, 9.17) is 4.74 Å². The van der Waals surface area contributed by atoms with Gasteiger partial charge >= 0.3 is 6.09 Å². The molecule has 0 aromatic heterocycles. The number of benzene rings is 1. The molecule has 3 saturated heterocycles. The zero-order valence-electron chi connectivity index (χ0n) is 20.5. The van der Waals surface area contributed by atoms with Gasteiger partial charge in [0.05, 0.1) is 11.1 Å². The molecule has 0 radical (unpaired) electrons. The molecule has 3 fully saturated rings. The van der Waals surface area contributed by atoms with E-state index in [1.165, 1.54) is 0 Å². The lowest BCUT2D eigenvalue weighted by Crippen LogP contribution is -2.66. The Kier molecular flexibility index (Phi) is 5.83. The van der Waals surface area contributed by atoms with Gasteiger partial charge in [0.2, 0.25) is 11.8 Å². The van der Waals surface area contributed by atoms with E-state index >= 15 is 0 Å². The van der Waals surface area contributed by atoms with Gasteiger partial charge in [-0.25, -0.2) is 4.79 Å². The van der Waals surface area contributed by atoms with Gasteiger partial charge in [-0.2, -0.15) is 0 Å². The maximum Gasteiger partial charge on any atom is 0.410 e. The zero-order valence-corrected chi connectivity index (χ0v) is 20.5. The summed E-state index contributed by atoms with van der Waals surface area (Å²) >= 11 is 0. The summed E-state index contributed by atoms with van der Waals surface area (Å²) in [7, 11) is 0. The van der Waals surface area contributed by atoms with Gasteiger partial charge in [0, 0.05) is 50.1 Å². The SMILES string of the molecule is CC(C)(C)OC(=O)N1CC(N2CC(C#Cc3ccc4c(c3)C(=O)N(C3CCC(=O)NC3=O)C4=O)C2)C1. The van der Waals surface area contributed by atoms with Crippen molar-refractivity contribution < 1.29 is 28.7 Å². The van der Waals surface area contributed by atoms with Crippen molar-refractivity contribution in [3.8, 4) is 11.8 Å². The number of ether oxygens (including phenoxy) is 1. The Hall–Kier alpha value is -3.71. The minimum Gasteiger partial charge on any atom is -0.444 e. The van der Waals surface area contributed by atoms with E-state index in [-0.39, 0.29) is 36.0 Å². The summed E-state index contributed by atoms with van der Waals surface area (Å²) in [5.74, 6) is 4.42. The molecule has 36 heavy (non-hydrogen) atoms. The van der Waals surface area contributed by atoms with E-state index in [2.05, 4.69) is 22.1 Å². The largest absolute Gasteiger partial charge is 0.444 e. The Morgan fingerprint density at radius 1 is 1.03 bits per heavy atom. The van der Waals surface area contributed by atoms with Gasteiger partial charge in [-0.3, -0.25) is 34.3 Å². The van der Waals surface area contributed by atoms with Gasteiger partial charge in [-0.05, 0) is 45.4 Å². The van der Waals surface area contributed by atoms with Crippen LogP contribution in [-0.2, 0) is 14.3 Å². The summed E-state index contributed by atoms with van der Waals surface area (Å²) in [5, 5.41) is 2.19. The van der Waals surface area contributed by atoms with E-state index in [0.29, 0.717) is 24.7 Å². The number of hydrogen-bond donors (Lipinski definition) is 1.